The van der Waals surface area contributed by atoms with E-state index in [1.807, 2.05) is 73.8 Å². The van der Waals surface area contributed by atoms with E-state index < -0.39 is 5.91 Å². The molecule has 0 saturated heterocycles. The van der Waals surface area contributed by atoms with E-state index in [1.54, 1.807) is 18.5 Å². The van der Waals surface area contributed by atoms with Gasteiger partial charge in [-0.05, 0) is 54.6 Å². The van der Waals surface area contributed by atoms with Crippen molar-refractivity contribution in [1.82, 2.24) is 14.6 Å². The Kier molecular flexibility index (Phi) is 5.90. The van der Waals surface area contributed by atoms with Crippen LogP contribution >= 0.6 is 11.8 Å². The van der Waals surface area contributed by atoms with Gasteiger partial charge < -0.3 is 9.30 Å². The van der Waals surface area contributed by atoms with Crippen LogP contribution in [0.1, 0.15) is 16.7 Å². The van der Waals surface area contributed by atoms with Crippen LogP contribution in [0.25, 0.3) is 17.0 Å². The van der Waals surface area contributed by atoms with Crippen LogP contribution in [0.5, 0.6) is 5.75 Å². The first-order valence-corrected chi connectivity index (χ1v) is 12.6. The van der Waals surface area contributed by atoms with Crippen molar-refractivity contribution in [3.05, 3.63) is 102 Å². The Morgan fingerprint density at radius 1 is 1.08 bits per heavy atom. The molecule has 4 aromatic rings. The molecule has 2 aromatic heterocycles. The van der Waals surface area contributed by atoms with Crippen molar-refractivity contribution < 1.29 is 9.53 Å². The first kappa shape index (κ1) is 22.9. The van der Waals surface area contributed by atoms with Crippen LogP contribution in [0, 0.1) is 12.3 Å². The van der Waals surface area contributed by atoms with Gasteiger partial charge in [0.1, 0.15) is 17.4 Å². The maximum Gasteiger partial charge on any atom is 0.283 e. The zero-order chi connectivity index (χ0) is 25.4. The Morgan fingerprint density at radius 3 is 2.76 bits per heavy atom. The van der Waals surface area contributed by atoms with E-state index >= 15 is 0 Å². The minimum Gasteiger partial charge on any atom is -0.491 e. The number of aromatic nitrogens is 2. The molecule has 2 aliphatic rings. The minimum absolute atomic E-state index is 0.00103. The lowest BCUT2D eigenvalue weighted by atomic mass is 10.1. The van der Waals surface area contributed by atoms with Crippen LogP contribution in [-0.2, 0) is 11.3 Å². The predicted molar refractivity (Wildman–Crippen MR) is 147 cm³/mol. The number of para-hydroxylation sites is 2. The molecule has 0 bridgehead atoms. The summed E-state index contributed by atoms with van der Waals surface area (Å²) in [6.45, 7) is 3.16. The Morgan fingerprint density at radius 2 is 1.92 bits per heavy atom. The average molecular weight is 507 g/mol. The van der Waals surface area contributed by atoms with Crippen LogP contribution in [0.15, 0.2) is 94.9 Å². The van der Waals surface area contributed by atoms with E-state index in [-0.39, 0.29) is 11.4 Å². The molecule has 9 heteroatoms. The summed E-state index contributed by atoms with van der Waals surface area (Å²) in [6, 6.07) is 19.6. The number of hydrazone groups is 1. The molecular formula is C28H22N6O2S. The first-order chi connectivity index (χ1) is 18.1. The topological polar surface area (TPSA) is 95.9 Å². The number of hydrogen-bond acceptors (Lipinski definition) is 6. The Bertz CT molecular complexity index is 1640. The Balaban J connectivity index is 1.29. The summed E-state index contributed by atoms with van der Waals surface area (Å²) in [5.41, 5.74) is 3.96. The van der Waals surface area contributed by atoms with Crippen molar-refractivity contribution in [2.75, 3.05) is 6.61 Å². The van der Waals surface area contributed by atoms with Gasteiger partial charge in [0.2, 0.25) is 5.17 Å². The zero-order valence-electron chi connectivity index (χ0n) is 20.0. The summed E-state index contributed by atoms with van der Waals surface area (Å²) < 4.78 is 8.11. The van der Waals surface area contributed by atoms with E-state index in [1.165, 1.54) is 16.8 Å². The standard InChI is InChI=1S/C28H22N6O2S/c1-18-7-2-5-11-24(18)36-14-13-33-17-20(21-9-3-4-10-23(21)33)15-22-25(29)34-28(31-26(22)35)37-27(32-34)19-8-6-12-30-16-19/h2-12,15-17,29H,13-14H2,1H3/b22-15-,29-25?. The third kappa shape index (κ3) is 4.34. The molecular weight excluding hydrogens is 484 g/mol. The second-order valence-electron chi connectivity index (χ2n) is 8.58. The number of carbonyl (C=O) groups excluding carboxylic acids is 1. The molecule has 0 radical (unpaired) electrons. The summed E-state index contributed by atoms with van der Waals surface area (Å²) in [5, 5.41) is 16.7. The summed E-state index contributed by atoms with van der Waals surface area (Å²) in [6.07, 6.45) is 7.10. The van der Waals surface area contributed by atoms with Crippen LogP contribution in [-0.4, -0.2) is 43.1 Å². The van der Waals surface area contributed by atoms with Crippen molar-refractivity contribution in [3.8, 4) is 5.75 Å². The van der Waals surface area contributed by atoms with Gasteiger partial charge in [-0.15, -0.1) is 0 Å². The van der Waals surface area contributed by atoms with Crippen LogP contribution in [0.4, 0.5) is 0 Å². The monoisotopic (exact) mass is 506 g/mol. The highest BCUT2D eigenvalue weighted by Crippen LogP contribution is 2.32. The Labute approximate surface area is 217 Å². The molecule has 0 unspecified atom stereocenters. The third-order valence-corrected chi connectivity index (χ3v) is 7.12. The SMILES string of the molecule is Cc1ccccc1OCCn1cc(/C=C2/C(=N)N3N=C(c4cccnc4)SC3=NC2=O)c2ccccc21. The second kappa shape index (κ2) is 9.51. The highest BCUT2D eigenvalue weighted by atomic mass is 32.2. The van der Waals surface area contributed by atoms with E-state index in [0.717, 1.165) is 33.3 Å². The zero-order valence-corrected chi connectivity index (χ0v) is 20.8. The van der Waals surface area contributed by atoms with Crippen molar-refractivity contribution in [1.29, 1.82) is 5.41 Å². The number of aryl methyl sites for hydroxylation is 1. The van der Waals surface area contributed by atoms with Gasteiger partial charge in [-0.2, -0.15) is 15.1 Å². The van der Waals surface area contributed by atoms with Gasteiger partial charge in [-0.3, -0.25) is 15.2 Å². The second-order valence-corrected chi connectivity index (χ2v) is 9.53. The van der Waals surface area contributed by atoms with Gasteiger partial charge >= 0.3 is 0 Å². The molecule has 2 aromatic carbocycles. The molecule has 0 atom stereocenters. The highest BCUT2D eigenvalue weighted by Gasteiger charge is 2.36. The van der Waals surface area contributed by atoms with E-state index in [2.05, 4.69) is 19.6 Å². The van der Waals surface area contributed by atoms with Gasteiger partial charge in [0, 0.05) is 40.6 Å². The van der Waals surface area contributed by atoms with Crippen LogP contribution < -0.4 is 4.74 Å². The maximum absolute atomic E-state index is 13.0. The lowest BCUT2D eigenvalue weighted by Gasteiger charge is -2.20. The number of ether oxygens (including phenoxy) is 1. The number of rotatable bonds is 6. The summed E-state index contributed by atoms with van der Waals surface area (Å²) in [4.78, 5) is 21.3. The largest absolute Gasteiger partial charge is 0.491 e. The molecule has 4 heterocycles. The number of carbonyl (C=O) groups is 1. The van der Waals surface area contributed by atoms with E-state index in [0.29, 0.717) is 23.4 Å². The normalized spacial score (nSPS) is 16.2. The molecule has 1 amide bonds. The highest BCUT2D eigenvalue weighted by molar-refractivity contribution is 8.27. The molecule has 37 heavy (non-hydrogen) atoms. The fourth-order valence-electron chi connectivity index (χ4n) is 4.30. The van der Waals surface area contributed by atoms with Crippen molar-refractivity contribution in [2.24, 2.45) is 10.1 Å². The lowest BCUT2D eigenvalue weighted by Crippen LogP contribution is -2.35. The number of hydrogen-bond donors (Lipinski definition) is 1. The molecule has 1 N–H and O–H groups in total. The molecule has 0 fully saturated rings. The van der Waals surface area contributed by atoms with Crippen molar-refractivity contribution in [2.45, 2.75) is 13.5 Å². The molecule has 2 aliphatic heterocycles. The average Bonchev–Trinajstić information content (AvgIpc) is 3.50. The smallest absolute Gasteiger partial charge is 0.283 e. The van der Waals surface area contributed by atoms with Crippen LogP contribution in [0.3, 0.4) is 0 Å². The number of nitrogens with zero attached hydrogens (tertiary/aromatic N) is 5. The number of benzene rings is 2. The van der Waals surface area contributed by atoms with Gasteiger partial charge in [0.05, 0.1) is 12.1 Å². The Hall–Kier alpha value is -4.50. The van der Waals surface area contributed by atoms with E-state index in [9.17, 15) is 4.79 Å². The van der Waals surface area contributed by atoms with Crippen molar-refractivity contribution >= 4 is 50.7 Å². The van der Waals surface area contributed by atoms with Gasteiger partial charge in [-0.25, -0.2) is 0 Å². The maximum atomic E-state index is 13.0. The molecule has 182 valence electrons. The number of pyridine rings is 1. The summed E-state index contributed by atoms with van der Waals surface area (Å²) in [7, 11) is 0. The van der Waals surface area contributed by atoms with Crippen molar-refractivity contribution in [3.63, 3.8) is 0 Å². The van der Waals surface area contributed by atoms with E-state index in [4.69, 9.17) is 10.1 Å². The molecule has 0 saturated carbocycles. The van der Waals surface area contributed by atoms with Crippen LogP contribution in [0.2, 0.25) is 0 Å². The summed E-state index contributed by atoms with van der Waals surface area (Å²) >= 11 is 1.26. The van der Waals surface area contributed by atoms with Gasteiger partial charge in [0.25, 0.3) is 5.91 Å². The molecule has 0 spiro atoms. The number of amides is 1. The lowest BCUT2D eigenvalue weighted by molar-refractivity contribution is -0.114. The number of amidine groups is 2. The van der Waals surface area contributed by atoms with Gasteiger partial charge in [0.15, 0.2) is 5.84 Å². The number of nitrogens with one attached hydrogen (secondary N) is 1. The first-order valence-electron chi connectivity index (χ1n) is 11.8. The number of fused-ring (bicyclic) bond motifs is 2. The molecule has 8 nitrogen and oxygen atoms in total. The molecule has 6 rings (SSSR count). The predicted octanol–water partition coefficient (Wildman–Crippen LogP) is 5.09. The fourth-order valence-corrected chi connectivity index (χ4v) is 5.18. The quantitative estimate of drug-likeness (QED) is 0.368. The number of thioether (sulfide) groups is 1. The van der Waals surface area contributed by atoms with Gasteiger partial charge in [-0.1, -0.05) is 36.4 Å². The fraction of sp³-hybridized carbons (Fsp3) is 0.107. The number of aliphatic imine (C=N–C) groups is 1. The molecule has 0 aliphatic carbocycles. The minimum atomic E-state index is -0.453. The third-order valence-electron chi connectivity index (χ3n) is 6.17. The summed E-state index contributed by atoms with van der Waals surface area (Å²) in [5.74, 6) is 0.415.